The molecule has 0 aromatic rings. The average molecular weight is 209 g/mol. The van der Waals surface area contributed by atoms with Gasteiger partial charge >= 0.3 is 0 Å². The van der Waals surface area contributed by atoms with Crippen molar-refractivity contribution in [1.29, 1.82) is 0 Å². The lowest BCUT2D eigenvalue weighted by molar-refractivity contribution is 0.358. The number of hydrogen-bond acceptors (Lipinski definition) is 2. The molecule has 1 atom stereocenters. The summed E-state index contributed by atoms with van der Waals surface area (Å²) < 4.78 is 0. The largest absolute Gasteiger partial charge is 0.330 e. The van der Waals surface area contributed by atoms with E-state index in [2.05, 4.69) is 4.90 Å². The van der Waals surface area contributed by atoms with Crippen LogP contribution in [0.4, 0.5) is 0 Å². The Balaban J connectivity index is 2.28. The van der Waals surface area contributed by atoms with Gasteiger partial charge in [-0.25, -0.2) is 0 Å². The summed E-state index contributed by atoms with van der Waals surface area (Å²) in [5.41, 5.74) is 6.99. The molecule has 1 unspecified atom stereocenters. The zero-order valence-electron chi connectivity index (χ0n) is 6.97. The van der Waals surface area contributed by atoms with E-state index in [-0.39, 0.29) is 0 Å². The van der Waals surface area contributed by atoms with Crippen LogP contribution in [0.5, 0.6) is 0 Å². The minimum absolute atomic E-state index is 0.643. The lowest BCUT2D eigenvalue weighted by Gasteiger charge is -2.14. The third-order valence-electron chi connectivity index (χ3n) is 2.20. The van der Waals surface area contributed by atoms with Gasteiger partial charge in [0.1, 0.15) is 0 Å². The SMILES string of the molecule is NCC1CCN(C/C(Cl)=C/Cl)C1. The molecule has 70 valence electrons. The predicted octanol–water partition coefficient (Wildman–Crippen LogP) is 1.59. The fraction of sp³-hybridized carbons (Fsp3) is 0.750. The first-order chi connectivity index (χ1) is 5.76. The van der Waals surface area contributed by atoms with Gasteiger partial charge in [-0.05, 0) is 25.4 Å². The molecule has 0 radical (unpaired) electrons. The molecule has 0 amide bonds. The van der Waals surface area contributed by atoms with Crippen molar-refractivity contribution >= 4 is 23.2 Å². The molecule has 1 saturated heterocycles. The molecule has 2 nitrogen and oxygen atoms in total. The normalized spacial score (nSPS) is 26.6. The van der Waals surface area contributed by atoms with Gasteiger partial charge in [-0.1, -0.05) is 23.2 Å². The van der Waals surface area contributed by atoms with E-state index in [1.807, 2.05) is 0 Å². The highest BCUT2D eigenvalue weighted by Crippen LogP contribution is 2.17. The second kappa shape index (κ2) is 5.07. The van der Waals surface area contributed by atoms with Gasteiger partial charge < -0.3 is 5.73 Å². The highest BCUT2D eigenvalue weighted by Gasteiger charge is 2.20. The number of hydrogen-bond donors (Lipinski definition) is 1. The van der Waals surface area contributed by atoms with Crippen molar-refractivity contribution in [2.24, 2.45) is 11.7 Å². The van der Waals surface area contributed by atoms with E-state index in [4.69, 9.17) is 28.9 Å². The lowest BCUT2D eigenvalue weighted by atomic mass is 10.1. The first-order valence-electron chi connectivity index (χ1n) is 4.13. The Bertz CT molecular complexity index is 170. The molecule has 1 heterocycles. The zero-order chi connectivity index (χ0) is 8.97. The van der Waals surface area contributed by atoms with Crippen LogP contribution in [0, 0.1) is 5.92 Å². The van der Waals surface area contributed by atoms with Crippen LogP contribution in [0.2, 0.25) is 0 Å². The van der Waals surface area contributed by atoms with E-state index in [9.17, 15) is 0 Å². The maximum atomic E-state index is 5.79. The summed E-state index contributed by atoms with van der Waals surface area (Å²) in [5.74, 6) is 0.643. The fourth-order valence-electron chi connectivity index (χ4n) is 1.50. The minimum atomic E-state index is 0.643. The van der Waals surface area contributed by atoms with Crippen molar-refractivity contribution in [1.82, 2.24) is 4.90 Å². The molecule has 12 heavy (non-hydrogen) atoms. The van der Waals surface area contributed by atoms with E-state index < -0.39 is 0 Å². The van der Waals surface area contributed by atoms with Gasteiger partial charge in [-0.3, -0.25) is 4.90 Å². The summed E-state index contributed by atoms with van der Waals surface area (Å²) in [7, 11) is 0. The Kier molecular flexibility index (Phi) is 4.36. The standard InChI is InChI=1S/C8H14Cl2N2/c9-3-8(10)6-12-2-1-7(4-11)5-12/h3,7H,1-2,4-6,11H2/b8-3-. The summed E-state index contributed by atoms with van der Waals surface area (Å²) in [6.07, 6.45) is 1.18. The quantitative estimate of drug-likeness (QED) is 0.764. The first-order valence-corrected chi connectivity index (χ1v) is 4.95. The second-order valence-corrected chi connectivity index (χ2v) is 3.89. The molecule has 1 aliphatic rings. The summed E-state index contributed by atoms with van der Waals surface area (Å²) in [5, 5.41) is 0.703. The molecule has 0 saturated carbocycles. The van der Waals surface area contributed by atoms with Crippen LogP contribution in [0.1, 0.15) is 6.42 Å². The van der Waals surface area contributed by atoms with Gasteiger partial charge in [0.2, 0.25) is 0 Å². The Morgan fingerprint density at radius 3 is 2.92 bits per heavy atom. The molecule has 1 rings (SSSR count). The molecule has 0 aromatic heterocycles. The van der Waals surface area contributed by atoms with E-state index in [1.54, 1.807) is 0 Å². The zero-order valence-corrected chi connectivity index (χ0v) is 8.48. The van der Waals surface area contributed by atoms with Crippen LogP contribution in [-0.2, 0) is 0 Å². The monoisotopic (exact) mass is 208 g/mol. The molecular formula is C8H14Cl2N2. The van der Waals surface area contributed by atoms with Crippen molar-refractivity contribution in [3.63, 3.8) is 0 Å². The number of likely N-dealkylation sites (tertiary alicyclic amines) is 1. The lowest BCUT2D eigenvalue weighted by Crippen LogP contribution is -2.24. The summed E-state index contributed by atoms with van der Waals surface area (Å²) >= 11 is 11.2. The van der Waals surface area contributed by atoms with Crippen LogP contribution in [0.3, 0.4) is 0 Å². The van der Waals surface area contributed by atoms with Crippen molar-refractivity contribution in [3.8, 4) is 0 Å². The molecular weight excluding hydrogens is 195 g/mol. The molecule has 0 bridgehead atoms. The van der Waals surface area contributed by atoms with Crippen molar-refractivity contribution in [3.05, 3.63) is 10.6 Å². The van der Waals surface area contributed by atoms with Crippen LogP contribution >= 0.6 is 23.2 Å². The molecule has 0 aliphatic carbocycles. The van der Waals surface area contributed by atoms with Gasteiger partial charge in [0.25, 0.3) is 0 Å². The second-order valence-electron chi connectivity index (χ2n) is 3.18. The Hall–Kier alpha value is 0.240. The van der Waals surface area contributed by atoms with Gasteiger partial charge in [0, 0.05) is 23.7 Å². The van der Waals surface area contributed by atoms with E-state index in [1.165, 1.54) is 12.0 Å². The van der Waals surface area contributed by atoms with Gasteiger partial charge in [-0.15, -0.1) is 0 Å². The number of halogens is 2. The molecule has 4 heteroatoms. The van der Waals surface area contributed by atoms with Crippen LogP contribution in [-0.4, -0.2) is 31.1 Å². The average Bonchev–Trinajstić information content (AvgIpc) is 2.52. The molecule has 0 spiro atoms. The topological polar surface area (TPSA) is 29.3 Å². The van der Waals surface area contributed by atoms with Gasteiger partial charge in [0.15, 0.2) is 0 Å². The Morgan fingerprint density at radius 1 is 1.67 bits per heavy atom. The molecule has 1 fully saturated rings. The minimum Gasteiger partial charge on any atom is -0.330 e. The van der Waals surface area contributed by atoms with E-state index >= 15 is 0 Å². The first kappa shape index (κ1) is 10.3. The van der Waals surface area contributed by atoms with E-state index in [0.29, 0.717) is 11.0 Å². The maximum Gasteiger partial charge on any atom is 0.0434 e. The highest BCUT2D eigenvalue weighted by atomic mass is 35.5. The van der Waals surface area contributed by atoms with Crippen molar-refractivity contribution in [2.75, 3.05) is 26.2 Å². The highest BCUT2D eigenvalue weighted by molar-refractivity contribution is 6.36. The predicted molar refractivity (Wildman–Crippen MR) is 53.4 cm³/mol. The third-order valence-corrected chi connectivity index (χ3v) is 2.80. The summed E-state index contributed by atoms with van der Waals surface area (Å²) in [6, 6.07) is 0. The fourth-order valence-corrected chi connectivity index (χ4v) is 1.74. The number of nitrogens with two attached hydrogens (primary N) is 1. The van der Waals surface area contributed by atoms with Gasteiger partial charge in [0.05, 0.1) is 0 Å². The van der Waals surface area contributed by atoms with Gasteiger partial charge in [-0.2, -0.15) is 0 Å². The van der Waals surface area contributed by atoms with Crippen molar-refractivity contribution in [2.45, 2.75) is 6.42 Å². The molecule has 2 N–H and O–H groups in total. The van der Waals surface area contributed by atoms with Crippen LogP contribution in [0.25, 0.3) is 0 Å². The van der Waals surface area contributed by atoms with Crippen molar-refractivity contribution < 1.29 is 0 Å². The number of rotatable bonds is 3. The number of nitrogens with zero attached hydrogens (tertiary/aromatic N) is 1. The summed E-state index contributed by atoms with van der Waals surface area (Å²) in [4.78, 5) is 2.28. The van der Waals surface area contributed by atoms with Crippen LogP contribution in [0.15, 0.2) is 10.6 Å². The van der Waals surface area contributed by atoms with E-state index in [0.717, 1.165) is 26.2 Å². The smallest absolute Gasteiger partial charge is 0.0434 e. The maximum absolute atomic E-state index is 5.79. The molecule has 0 aromatic carbocycles. The summed E-state index contributed by atoms with van der Waals surface area (Å²) in [6.45, 7) is 3.68. The third kappa shape index (κ3) is 2.94. The Morgan fingerprint density at radius 2 is 2.42 bits per heavy atom. The van der Waals surface area contributed by atoms with Crippen LogP contribution < -0.4 is 5.73 Å². The molecule has 1 aliphatic heterocycles. The Labute approximate surface area is 83.3 Å².